The van der Waals surface area contributed by atoms with Gasteiger partial charge in [0, 0.05) is 34.4 Å². The highest BCUT2D eigenvalue weighted by atomic mass is 32.1. The van der Waals surface area contributed by atoms with Gasteiger partial charge >= 0.3 is 0 Å². The zero-order valence-corrected chi connectivity index (χ0v) is 12.7. The van der Waals surface area contributed by atoms with Gasteiger partial charge in [-0.3, -0.25) is 4.98 Å². The molecule has 3 rings (SSSR count). The maximum absolute atomic E-state index is 13.3. The minimum absolute atomic E-state index is 0.103. The van der Waals surface area contributed by atoms with Gasteiger partial charge in [0.05, 0.1) is 11.6 Å². The molecule has 0 fully saturated rings. The highest BCUT2D eigenvalue weighted by Crippen LogP contribution is 2.28. The van der Waals surface area contributed by atoms with Crippen molar-refractivity contribution in [1.29, 1.82) is 0 Å². The molecule has 0 bridgehead atoms. The van der Waals surface area contributed by atoms with Gasteiger partial charge < -0.3 is 5.32 Å². The highest BCUT2D eigenvalue weighted by molar-refractivity contribution is 7.11. The Balaban J connectivity index is 1.90. The average molecular weight is 301 g/mol. The first-order valence-corrected chi connectivity index (χ1v) is 7.74. The van der Waals surface area contributed by atoms with Crippen LogP contribution in [-0.4, -0.2) is 9.97 Å². The maximum Gasteiger partial charge on any atom is 0.125 e. The van der Waals surface area contributed by atoms with Gasteiger partial charge in [-0.15, -0.1) is 11.3 Å². The van der Waals surface area contributed by atoms with Gasteiger partial charge in [-0.25, -0.2) is 9.37 Å². The largest absolute Gasteiger partial charge is 0.375 e. The third kappa shape index (κ3) is 2.88. The zero-order valence-electron chi connectivity index (χ0n) is 11.9. The van der Waals surface area contributed by atoms with E-state index in [0.29, 0.717) is 5.52 Å². The van der Waals surface area contributed by atoms with E-state index in [-0.39, 0.29) is 11.9 Å². The topological polar surface area (TPSA) is 37.8 Å². The average Bonchev–Trinajstić information content (AvgIpc) is 2.96. The number of pyridine rings is 1. The van der Waals surface area contributed by atoms with E-state index in [2.05, 4.69) is 29.1 Å². The first-order valence-electron chi connectivity index (χ1n) is 6.92. The Labute approximate surface area is 126 Å². The molecule has 0 saturated carbocycles. The first-order chi connectivity index (χ1) is 10.2. The van der Waals surface area contributed by atoms with Crippen LogP contribution in [0.25, 0.3) is 10.9 Å². The van der Waals surface area contributed by atoms with Gasteiger partial charge in [-0.2, -0.15) is 0 Å². The number of halogens is 1. The Morgan fingerprint density at radius 2 is 2.14 bits per heavy atom. The van der Waals surface area contributed by atoms with Crippen LogP contribution in [0.15, 0.2) is 36.7 Å². The lowest BCUT2D eigenvalue weighted by Crippen LogP contribution is -2.06. The van der Waals surface area contributed by atoms with Crippen LogP contribution in [0.3, 0.4) is 0 Å². The molecule has 1 N–H and O–H groups in total. The number of aromatic nitrogens is 2. The fraction of sp³-hybridized carbons (Fsp3) is 0.250. The van der Waals surface area contributed by atoms with E-state index in [9.17, 15) is 4.39 Å². The molecule has 21 heavy (non-hydrogen) atoms. The molecule has 1 unspecified atom stereocenters. The lowest BCUT2D eigenvalue weighted by Gasteiger charge is -2.14. The van der Waals surface area contributed by atoms with Crippen LogP contribution in [0.1, 0.15) is 29.8 Å². The van der Waals surface area contributed by atoms with Gasteiger partial charge in [0.25, 0.3) is 0 Å². The standard InChI is InChI=1S/C16H16FN3S/c1-3-12-9-19-16(21-12)10(2)20-14-6-7-18-15-8-11(17)4-5-13(14)15/h4-10H,3H2,1-2H3,(H,18,20). The molecule has 0 amide bonds. The van der Waals surface area contributed by atoms with Crippen LogP contribution in [0.5, 0.6) is 0 Å². The van der Waals surface area contributed by atoms with E-state index in [0.717, 1.165) is 22.5 Å². The second-order valence-electron chi connectivity index (χ2n) is 4.90. The molecule has 0 aliphatic rings. The molecule has 1 atom stereocenters. The van der Waals surface area contributed by atoms with E-state index < -0.39 is 0 Å². The Bertz CT molecular complexity index is 769. The summed E-state index contributed by atoms with van der Waals surface area (Å²) in [6, 6.07) is 6.67. The Morgan fingerprint density at radius 1 is 1.29 bits per heavy atom. The minimum atomic E-state index is -0.271. The normalized spacial score (nSPS) is 12.5. The summed E-state index contributed by atoms with van der Waals surface area (Å²) in [6.07, 6.45) is 4.62. The third-order valence-electron chi connectivity index (χ3n) is 3.37. The van der Waals surface area contributed by atoms with E-state index >= 15 is 0 Å². The Morgan fingerprint density at radius 3 is 2.90 bits per heavy atom. The molecule has 1 aromatic carbocycles. The summed E-state index contributed by atoms with van der Waals surface area (Å²) in [5.74, 6) is -0.271. The number of nitrogens with one attached hydrogen (secondary N) is 1. The summed E-state index contributed by atoms with van der Waals surface area (Å²) in [5.41, 5.74) is 1.60. The number of hydrogen-bond acceptors (Lipinski definition) is 4. The van der Waals surface area contributed by atoms with Crippen LogP contribution in [0, 0.1) is 5.82 Å². The summed E-state index contributed by atoms with van der Waals surface area (Å²) in [7, 11) is 0. The monoisotopic (exact) mass is 301 g/mol. The van der Waals surface area contributed by atoms with E-state index in [1.165, 1.54) is 17.0 Å². The SMILES string of the molecule is CCc1cnc(C(C)Nc2ccnc3cc(F)ccc23)s1. The van der Waals surface area contributed by atoms with Gasteiger partial charge in [0.2, 0.25) is 0 Å². The zero-order chi connectivity index (χ0) is 14.8. The van der Waals surface area contributed by atoms with Gasteiger partial charge in [-0.1, -0.05) is 6.92 Å². The van der Waals surface area contributed by atoms with E-state index in [4.69, 9.17) is 0 Å². The Hall–Kier alpha value is -2.01. The molecule has 2 aromatic heterocycles. The number of fused-ring (bicyclic) bond motifs is 1. The fourth-order valence-corrected chi connectivity index (χ4v) is 3.09. The van der Waals surface area contributed by atoms with Crippen molar-refractivity contribution in [3.8, 4) is 0 Å². The number of anilines is 1. The van der Waals surface area contributed by atoms with Crippen molar-refractivity contribution < 1.29 is 4.39 Å². The molecule has 0 aliphatic carbocycles. The van der Waals surface area contributed by atoms with Crippen LogP contribution >= 0.6 is 11.3 Å². The summed E-state index contributed by atoms with van der Waals surface area (Å²) in [6.45, 7) is 4.20. The van der Waals surface area contributed by atoms with Crippen molar-refractivity contribution in [1.82, 2.24) is 9.97 Å². The summed E-state index contributed by atoms with van der Waals surface area (Å²) in [4.78, 5) is 9.94. The van der Waals surface area contributed by atoms with Crippen molar-refractivity contribution in [2.75, 3.05) is 5.32 Å². The second-order valence-corrected chi connectivity index (χ2v) is 6.05. The molecule has 0 saturated heterocycles. The number of benzene rings is 1. The second kappa shape index (κ2) is 5.77. The third-order valence-corrected chi connectivity index (χ3v) is 4.69. The smallest absolute Gasteiger partial charge is 0.125 e. The molecule has 108 valence electrons. The van der Waals surface area contributed by atoms with Crippen molar-refractivity contribution in [2.24, 2.45) is 0 Å². The van der Waals surface area contributed by atoms with Crippen LogP contribution in [0.2, 0.25) is 0 Å². The summed E-state index contributed by atoms with van der Waals surface area (Å²) >= 11 is 1.72. The quantitative estimate of drug-likeness (QED) is 0.767. The van der Waals surface area contributed by atoms with E-state index in [1.807, 2.05) is 12.3 Å². The van der Waals surface area contributed by atoms with Crippen molar-refractivity contribution in [3.63, 3.8) is 0 Å². The molecular weight excluding hydrogens is 285 g/mol. The molecule has 0 spiro atoms. The molecule has 2 heterocycles. The number of rotatable bonds is 4. The lowest BCUT2D eigenvalue weighted by molar-refractivity contribution is 0.629. The Kier molecular flexibility index (Phi) is 3.84. The number of aryl methyl sites for hydroxylation is 1. The minimum Gasteiger partial charge on any atom is -0.375 e. The summed E-state index contributed by atoms with van der Waals surface area (Å²) < 4.78 is 13.3. The van der Waals surface area contributed by atoms with Crippen LogP contribution in [0.4, 0.5) is 10.1 Å². The van der Waals surface area contributed by atoms with Gasteiger partial charge in [0.1, 0.15) is 10.8 Å². The maximum atomic E-state index is 13.3. The molecule has 0 aliphatic heterocycles. The number of thiazole rings is 1. The molecule has 3 nitrogen and oxygen atoms in total. The fourth-order valence-electron chi connectivity index (χ4n) is 2.23. The van der Waals surface area contributed by atoms with Gasteiger partial charge in [0.15, 0.2) is 0 Å². The molecule has 0 radical (unpaired) electrons. The van der Waals surface area contributed by atoms with E-state index in [1.54, 1.807) is 23.6 Å². The van der Waals surface area contributed by atoms with Crippen molar-refractivity contribution in [3.05, 3.63) is 52.4 Å². The molecular formula is C16H16FN3S. The number of hydrogen-bond donors (Lipinski definition) is 1. The molecule has 5 heteroatoms. The van der Waals surface area contributed by atoms with Crippen molar-refractivity contribution >= 4 is 27.9 Å². The lowest BCUT2D eigenvalue weighted by atomic mass is 10.1. The van der Waals surface area contributed by atoms with Crippen LogP contribution < -0.4 is 5.32 Å². The van der Waals surface area contributed by atoms with Crippen molar-refractivity contribution in [2.45, 2.75) is 26.3 Å². The predicted octanol–water partition coefficient (Wildman–Crippen LogP) is 4.57. The molecule has 3 aromatic rings. The summed E-state index contributed by atoms with van der Waals surface area (Å²) in [5, 5.41) is 5.41. The predicted molar refractivity (Wildman–Crippen MR) is 85.2 cm³/mol. The first kappa shape index (κ1) is 13.9. The van der Waals surface area contributed by atoms with Gasteiger partial charge in [-0.05, 0) is 31.5 Å². The van der Waals surface area contributed by atoms with Crippen LogP contribution in [-0.2, 0) is 6.42 Å². The highest BCUT2D eigenvalue weighted by Gasteiger charge is 2.12. The number of nitrogens with zero attached hydrogens (tertiary/aromatic N) is 2.